The van der Waals surface area contributed by atoms with E-state index in [0.717, 1.165) is 19.5 Å². The van der Waals surface area contributed by atoms with Crippen LogP contribution in [0.2, 0.25) is 0 Å². The number of likely N-dealkylation sites (N-methyl/N-ethyl adjacent to an activating group) is 1. The lowest BCUT2D eigenvalue weighted by atomic mass is 9.82. The van der Waals surface area contributed by atoms with Crippen LogP contribution in [0.3, 0.4) is 0 Å². The van der Waals surface area contributed by atoms with Crippen molar-refractivity contribution in [2.24, 2.45) is 11.1 Å². The van der Waals surface area contributed by atoms with Gasteiger partial charge in [0, 0.05) is 13.1 Å². The van der Waals surface area contributed by atoms with Gasteiger partial charge in [-0.3, -0.25) is 4.79 Å². The van der Waals surface area contributed by atoms with Crippen LogP contribution >= 0.6 is 0 Å². The molecule has 18 heavy (non-hydrogen) atoms. The van der Waals surface area contributed by atoms with E-state index in [1.54, 1.807) is 7.05 Å². The average Bonchev–Trinajstić information content (AvgIpc) is 2.80. The van der Waals surface area contributed by atoms with Crippen LogP contribution in [0.1, 0.15) is 46.5 Å². The topological polar surface area (TPSA) is 58.4 Å². The Labute approximate surface area is 111 Å². The Balaban J connectivity index is 2.49. The van der Waals surface area contributed by atoms with Crippen molar-refractivity contribution in [2.75, 3.05) is 26.7 Å². The quantitative estimate of drug-likeness (QED) is 0.722. The molecule has 0 aliphatic carbocycles. The molecule has 1 unspecified atom stereocenters. The number of hydrogen-bond donors (Lipinski definition) is 2. The van der Waals surface area contributed by atoms with E-state index in [9.17, 15) is 4.79 Å². The summed E-state index contributed by atoms with van der Waals surface area (Å²) in [6.45, 7) is 9.72. The van der Waals surface area contributed by atoms with Crippen molar-refractivity contribution in [3.05, 3.63) is 0 Å². The molecular weight excluding hydrogens is 226 g/mol. The SMILES string of the molecule is CCC1(CC)CCN(CCC(C)(NC)C(N)=O)C1. The van der Waals surface area contributed by atoms with Gasteiger partial charge in [0.1, 0.15) is 0 Å². The molecule has 1 rings (SSSR count). The zero-order valence-corrected chi connectivity index (χ0v) is 12.4. The molecule has 106 valence electrons. The van der Waals surface area contributed by atoms with Crippen LogP contribution in [-0.4, -0.2) is 43.0 Å². The average molecular weight is 255 g/mol. The predicted octanol–water partition coefficient (Wildman–Crippen LogP) is 1.35. The zero-order valence-electron chi connectivity index (χ0n) is 12.4. The van der Waals surface area contributed by atoms with Crippen molar-refractivity contribution in [2.45, 2.75) is 52.0 Å². The third-order valence-corrected chi connectivity index (χ3v) is 5.04. The number of nitrogens with one attached hydrogen (secondary N) is 1. The van der Waals surface area contributed by atoms with Gasteiger partial charge in [0.15, 0.2) is 0 Å². The normalized spacial score (nSPS) is 22.9. The fourth-order valence-corrected chi connectivity index (χ4v) is 2.80. The van der Waals surface area contributed by atoms with Gasteiger partial charge < -0.3 is 16.0 Å². The van der Waals surface area contributed by atoms with Crippen molar-refractivity contribution in [1.82, 2.24) is 10.2 Å². The molecule has 0 aromatic heterocycles. The lowest BCUT2D eigenvalue weighted by molar-refractivity contribution is -0.124. The molecular formula is C14H29N3O. The number of carbonyl (C=O) groups is 1. The van der Waals surface area contributed by atoms with Gasteiger partial charge in [0.2, 0.25) is 5.91 Å². The van der Waals surface area contributed by atoms with E-state index < -0.39 is 5.54 Å². The summed E-state index contributed by atoms with van der Waals surface area (Å²) >= 11 is 0. The Kier molecular flexibility index (Phi) is 5.17. The molecule has 1 aliphatic rings. The van der Waals surface area contributed by atoms with Crippen LogP contribution in [0.25, 0.3) is 0 Å². The van der Waals surface area contributed by atoms with Crippen molar-refractivity contribution < 1.29 is 4.79 Å². The van der Waals surface area contributed by atoms with Crippen LogP contribution < -0.4 is 11.1 Å². The Morgan fingerprint density at radius 2 is 2.06 bits per heavy atom. The van der Waals surface area contributed by atoms with Gasteiger partial charge in [-0.1, -0.05) is 13.8 Å². The standard InChI is InChI=1S/C14H29N3O/c1-5-14(6-2)8-10-17(11-14)9-7-13(3,16-4)12(15)18/h16H,5-11H2,1-4H3,(H2,15,18). The lowest BCUT2D eigenvalue weighted by Crippen LogP contribution is -2.53. The molecule has 0 aromatic rings. The second kappa shape index (κ2) is 6.02. The summed E-state index contributed by atoms with van der Waals surface area (Å²) in [4.78, 5) is 13.9. The monoisotopic (exact) mass is 255 g/mol. The zero-order chi connectivity index (χ0) is 13.8. The second-order valence-corrected chi connectivity index (χ2v) is 5.93. The number of nitrogens with two attached hydrogens (primary N) is 1. The number of rotatable bonds is 7. The Morgan fingerprint density at radius 1 is 1.44 bits per heavy atom. The van der Waals surface area contributed by atoms with E-state index in [-0.39, 0.29) is 5.91 Å². The summed E-state index contributed by atoms with van der Waals surface area (Å²) in [5.74, 6) is -0.263. The van der Waals surface area contributed by atoms with E-state index in [2.05, 4.69) is 24.1 Å². The minimum Gasteiger partial charge on any atom is -0.368 e. The van der Waals surface area contributed by atoms with Gasteiger partial charge in [-0.05, 0) is 51.6 Å². The largest absolute Gasteiger partial charge is 0.368 e. The van der Waals surface area contributed by atoms with Crippen LogP contribution in [0.15, 0.2) is 0 Å². The number of likely N-dealkylation sites (tertiary alicyclic amines) is 1. The minimum atomic E-state index is -0.580. The van der Waals surface area contributed by atoms with Crippen LogP contribution in [-0.2, 0) is 4.79 Å². The summed E-state index contributed by atoms with van der Waals surface area (Å²) < 4.78 is 0. The molecule has 0 saturated carbocycles. The van der Waals surface area contributed by atoms with Gasteiger partial charge in [-0.2, -0.15) is 0 Å². The fourth-order valence-electron chi connectivity index (χ4n) is 2.80. The molecule has 0 bridgehead atoms. The van der Waals surface area contributed by atoms with Gasteiger partial charge in [0.25, 0.3) is 0 Å². The molecule has 1 fully saturated rings. The summed E-state index contributed by atoms with van der Waals surface area (Å²) in [7, 11) is 1.80. The highest BCUT2D eigenvalue weighted by Gasteiger charge is 2.36. The van der Waals surface area contributed by atoms with Crippen molar-refractivity contribution in [1.29, 1.82) is 0 Å². The predicted molar refractivity (Wildman–Crippen MR) is 75.3 cm³/mol. The number of nitrogens with zero attached hydrogens (tertiary/aromatic N) is 1. The van der Waals surface area contributed by atoms with Crippen molar-refractivity contribution >= 4 is 5.91 Å². The molecule has 3 N–H and O–H groups in total. The second-order valence-electron chi connectivity index (χ2n) is 5.93. The van der Waals surface area contributed by atoms with Crippen LogP contribution in [0.5, 0.6) is 0 Å². The first-order chi connectivity index (χ1) is 8.41. The molecule has 1 amide bonds. The number of carbonyl (C=O) groups excluding carboxylic acids is 1. The highest BCUT2D eigenvalue weighted by Crippen LogP contribution is 2.37. The molecule has 1 saturated heterocycles. The van der Waals surface area contributed by atoms with Gasteiger partial charge >= 0.3 is 0 Å². The third-order valence-electron chi connectivity index (χ3n) is 5.04. The smallest absolute Gasteiger partial charge is 0.237 e. The van der Waals surface area contributed by atoms with E-state index in [0.29, 0.717) is 5.41 Å². The maximum absolute atomic E-state index is 11.4. The minimum absolute atomic E-state index is 0.263. The summed E-state index contributed by atoms with van der Waals surface area (Å²) in [6.07, 6.45) is 4.56. The van der Waals surface area contributed by atoms with E-state index in [1.165, 1.54) is 25.8 Å². The molecule has 1 heterocycles. The maximum Gasteiger partial charge on any atom is 0.237 e. The van der Waals surface area contributed by atoms with Crippen molar-refractivity contribution in [3.8, 4) is 0 Å². The van der Waals surface area contributed by atoms with E-state index in [1.807, 2.05) is 6.92 Å². The van der Waals surface area contributed by atoms with Crippen molar-refractivity contribution in [3.63, 3.8) is 0 Å². The molecule has 0 radical (unpaired) electrons. The Bertz CT molecular complexity index is 289. The van der Waals surface area contributed by atoms with E-state index in [4.69, 9.17) is 5.73 Å². The number of hydrogen-bond acceptors (Lipinski definition) is 3. The van der Waals surface area contributed by atoms with Crippen LogP contribution in [0.4, 0.5) is 0 Å². The van der Waals surface area contributed by atoms with Crippen LogP contribution in [0, 0.1) is 5.41 Å². The Hall–Kier alpha value is -0.610. The fraction of sp³-hybridized carbons (Fsp3) is 0.929. The number of primary amides is 1. The molecule has 1 atom stereocenters. The molecule has 1 aliphatic heterocycles. The molecule has 0 aromatic carbocycles. The molecule has 0 spiro atoms. The lowest BCUT2D eigenvalue weighted by Gasteiger charge is -2.30. The summed E-state index contributed by atoms with van der Waals surface area (Å²) in [5, 5.41) is 3.05. The highest BCUT2D eigenvalue weighted by molar-refractivity contribution is 5.84. The summed E-state index contributed by atoms with van der Waals surface area (Å²) in [5.41, 5.74) is 5.37. The van der Waals surface area contributed by atoms with E-state index >= 15 is 0 Å². The third kappa shape index (κ3) is 3.23. The molecule has 4 nitrogen and oxygen atoms in total. The highest BCUT2D eigenvalue weighted by atomic mass is 16.1. The van der Waals surface area contributed by atoms with Gasteiger partial charge in [0.05, 0.1) is 5.54 Å². The van der Waals surface area contributed by atoms with Gasteiger partial charge in [-0.15, -0.1) is 0 Å². The first-order valence-electron chi connectivity index (χ1n) is 7.12. The first kappa shape index (κ1) is 15.4. The van der Waals surface area contributed by atoms with Gasteiger partial charge in [-0.25, -0.2) is 0 Å². The summed E-state index contributed by atoms with van der Waals surface area (Å²) in [6, 6.07) is 0. The Morgan fingerprint density at radius 3 is 2.44 bits per heavy atom. The number of amides is 1. The molecule has 4 heteroatoms. The maximum atomic E-state index is 11.4. The first-order valence-corrected chi connectivity index (χ1v) is 7.12.